The molecule has 1 amide bonds. The van der Waals surface area contributed by atoms with E-state index in [1.807, 2.05) is 26.5 Å². The summed E-state index contributed by atoms with van der Waals surface area (Å²) in [6.45, 7) is 7.63. The molecule has 0 radical (unpaired) electrons. The number of carboxylic acid groups (broad SMARTS) is 1. The van der Waals surface area contributed by atoms with E-state index in [1.165, 1.54) is 0 Å². The van der Waals surface area contributed by atoms with Crippen LogP contribution < -0.4 is 5.32 Å². The lowest BCUT2D eigenvalue weighted by molar-refractivity contribution is -0.139. The molecule has 140 valence electrons. The molecule has 2 N–H and O–H groups in total. The molecule has 0 aliphatic carbocycles. The van der Waals surface area contributed by atoms with E-state index in [0.717, 1.165) is 12.5 Å². The van der Waals surface area contributed by atoms with Crippen LogP contribution in [0.5, 0.6) is 0 Å². The Morgan fingerprint density at radius 2 is 1.76 bits per heavy atom. The minimum Gasteiger partial charge on any atom is -0.481 e. The molecule has 0 bridgehead atoms. The summed E-state index contributed by atoms with van der Waals surface area (Å²) in [5, 5.41) is 11.9. The fourth-order valence-corrected chi connectivity index (χ4v) is 5.18. The first-order valence-corrected chi connectivity index (χ1v) is 11.3. The second-order valence-corrected chi connectivity index (χ2v) is 9.30. The van der Waals surface area contributed by atoms with Gasteiger partial charge in [0.25, 0.3) is 0 Å². The van der Waals surface area contributed by atoms with Crippen LogP contribution >= 0.6 is 0 Å². The summed E-state index contributed by atoms with van der Waals surface area (Å²) in [6, 6.07) is 9.79. The van der Waals surface area contributed by atoms with Crippen LogP contribution in [0.25, 0.3) is 0 Å². The predicted octanol–water partition coefficient (Wildman–Crippen LogP) is 2.90. The van der Waals surface area contributed by atoms with Gasteiger partial charge in [0, 0.05) is 19.8 Å². The molecule has 7 heteroatoms. The van der Waals surface area contributed by atoms with Crippen LogP contribution in [-0.4, -0.2) is 45.3 Å². The number of carbonyl (C=O) groups is 2. The van der Waals surface area contributed by atoms with Crippen molar-refractivity contribution in [2.24, 2.45) is 0 Å². The largest absolute Gasteiger partial charge is 0.481 e. The van der Waals surface area contributed by atoms with Gasteiger partial charge in [-0.1, -0.05) is 30.3 Å². The average molecular weight is 368 g/mol. The van der Waals surface area contributed by atoms with Crippen LogP contribution in [0.4, 0.5) is 0 Å². The van der Waals surface area contributed by atoms with Gasteiger partial charge in [-0.3, -0.25) is 9.59 Å². The number of carbonyl (C=O) groups excluding carboxylic acids is 1. The van der Waals surface area contributed by atoms with E-state index in [4.69, 9.17) is 14.0 Å². The Hall–Kier alpha value is -1.70. The smallest absolute Gasteiger partial charge is 0.334 e. The van der Waals surface area contributed by atoms with Crippen molar-refractivity contribution in [1.82, 2.24) is 5.32 Å². The van der Waals surface area contributed by atoms with Crippen LogP contribution in [0.3, 0.4) is 0 Å². The maximum Gasteiger partial charge on any atom is 0.334 e. The van der Waals surface area contributed by atoms with Crippen molar-refractivity contribution in [1.29, 1.82) is 0 Å². The summed E-state index contributed by atoms with van der Waals surface area (Å²) in [5.74, 6) is -1.93. The van der Waals surface area contributed by atoms with Gasteiger partial charge in [-0.05, 0) is 38.4 Å². The Morgan fingerprint density at radius 1 is 1.16 bits per heavy atom. The SMILES string of the molecule is CCO[Si](C)(CCCNC(=O)C(CC(=O)O)c1ccccc1)OCC. The molecule has 0 aliphatic rings. The second-order valence-electron chi connectivity index (χ2n) is 5.96. The fraction of sp³-hybridized carbons (Fsp3) is 0.556. The second kappa shape index (κ2) is 11.0. The molecule has 1 aromatic rings. The molecule has 6 nitrogen and oxygen atoms in total. The number of hydrogen-bond donors (Lipinski definition) is 2. The zero-order valence-corrected chi connectivity index (χ0v) is 16.3. The molecule has 1 unspecified atom stereocenters. The summed E-state index contributed by atoms with van der Waals surface area (Å²) in [5.41, 5.74) is 0.713. The molecule has 0 aliphatic heterocycles. The lowest BCUT2D eigenvalue weighted by Gasteiger charge is -2.26. The third-order valence-corrected chi connectivity index (χ3v) is 6.96. The van der Waals surface area contributed by atoms with Gasteiger partial charge in [0.2, 0.25) is 5.91 Å². The van der Waals surface area contributed by atoms with Gasteiger partial charge in [0.1, 0.15) is 0 Å². The molecule has 0 heterocycles. The predicted molar refractivity (Wildman–Crippen MR) is 98.7 cm³/mol. The number of rotatable bonds is 12. The van der Waals surface area contributed by atoms with Crippen LogP contribution in [-0.2, 0) is 18.4 Å². The molecule has 25 heavy (non-hydrogen) atoms. The van der Waals surface area contributed by atoms with E-state index in [9.17, 15) is 9.59 Å². The quantitative estimate of drug-likeness (QED) is 0.438. The van der Waals surface area contributed by atoms with E-state index in [2.05, 4.69) is 5.32 Å². The third kappa shape index (κ3) is 7.81. The van der Waals surface area contributed by atoms with Gasteiger partial charge >= 0.3 is 14.5 Å². The molecule has 0 saturated heterocycles. The topological polar surface area (TPSA) is 84.9 Å². The maximum atomic E-state index is 12.4. The summed E-state index contributed by atoms with van der Waals surface area (Å²) in [4.78, 5) is 23.5. The number of nitrogens with one attached hydrogen (secondary N) is 1. The van der Waals surface area contributed by atoms with Crippen molar-refractivity contribution < 1.29 is 23.5 Å². The highest BCUT2D eigenvalue weighted by molar-refractivity contribution is 6.66. The van der Waals surface area contributed by atoms with Crippen LogP contribution in [0, 0.1) is 0 Å². The average Bonchev–Trinajstić information content (AvgIpc) is 2.57. The van der Waals surface area contributed by atoms with Crippen molar-refractivity contribution in [3.8, 4) is 0 Å². The Kier molecular flexibility index (Phi) is 9.40. The first kappa shape index (κ1) is 21.3. The van der Waals surface area contributed by atoms with Gasteiger partial charge < -0.3 is 19.3 Å². The fourth-order valence-electron chi connectivity index (χ4n) is 2.76. The Bertz CT molecular complexity index is 532. The number of benzene rings is 1. The van der Waals surface area contributed by atoms with Crippen molar-refractivity contribution in [3.05, 3.63) is 35.9 Å². The van der Waals surface area contributed by atoms with Gasteiger partial charge in [0.15, 0.2) is 0 Å². The van der Waals surface area contributed by atoms with Crippen molar-refractivity contribution in [3.63, 3.8) is 0 Å². The van der Waals surface area contributed by atoms with E-state index in [-0.39, 0.29) is 12.3 Å². The van der Waals surface area contributed by atoms with E-state index < -0.39 is 20.4 Å². The summed E-state index contributed by atoms with van der Waals surface area (Å²) >= 11 is 0. The van der Waals surface area contributed by atoms with Crippen molar-refractivity contribution in [2.75, 3.05) is 19.8 Å². The minimum atomic E-state index is -2.18. The molecule has 1 rings (SSSR count). The molecular formula is C18H29NO5Si. The normalized spacial score (nSPS) is 12.6. The van der Waals surface area contributed by atoms with E-state index >= 15 is 0 Å². The maximum absolute atomic E-state index is 12.4. The van der Waals surface area contributed by atoms with Crippen LogP contribution in [0.1, 0.15) is 38.2 Å². The van der Waals surface area contributed by atoms with E-state index in [1.54, 1.807) is 24.3 Å². The minimum absolute atomic E-state index is 0.222. The van der Waals surface area contributed by atoms with Gasteiger partial charge in [-0.15, -0.1) is 0 Å². The molecule has 1 atom stereocenters. The highest BCUT2D eigenvalue weighted by Crippen LogP contribution is 2.20. The molecule has 0 saturated carbocycles. The van der Waals surface area contributed by atoms with Crippen LogP contribution in [0.2, 0.25) is 12.6 Å². The summed E-state index contributed by atoms with van der Waals surface area (Å²) in [6.07, 6.45) is 0.517. The molecule has 0 fully saturated rings. The third-order valence-electron chi connectivity index (χ3n) is 3.90. The first-order chi connectivity index (χ1) is 11.9. The van der Waals surface area contributed by atoms with E-state index in [0.29, 0.717) is 25.3 Å². The van der Waals surface area contributed by atoms with Crippen molar-refractivity contribution >= 4 is 20.4 Å². The Labute approximate surface area is 150 Å². The van der Waals surface area contributed by atoms with Gasteiger partial charge in [-0.25, -0.2) is 0 Å². The first-order valence-electron chi connectivity index (χ1n) is 8.74. The molecule has 1 aromatic carbocycles. The lowest BCUT2D eigenvalue weighted by atomic mass is 9.95. The highest BCUT2D eigenvalue weighted by Gasteiger charge is 2.30. The molecule has 0 spiro atoms. The van der Waals surface area contributed by atoms with Crippen molar-refractivity contribution in [2.45, 2.75) is 45.2 Å². The summed E-state index contributed by atoms with van der Waals surface area (Å²) < 4.78 is 11.5. The number of hydrogen-bond acceptors (Lipinski definition) is 4. The Balaban J connectivity index is 2.56. The van der Waals surface area contributed by atoms with Crippen LogP contribution in [0.15, 0.2) is 30.3 Å². The Morgan fingerprint density at radius 3 is 2.28 bits per heavy atom. The lowest BCUT2D eigenvalue weighted by Crippen LogP contribution is -2.40. The standard InChI is InChI=1S/C18H29NO5Si/c1-4-23-25(3,24-5-2)13-9-12-19-18(22)16(14-17(20)21)15-10-7-6-8-11-15/h6-8,10-11,16H,4-5,9,12-14H2,1-3H3,(H,19,22)(H,20,21). The highest BCUT2D eigenvalue weighted by atomic mass is 28.4. The van der Waals surface area contributed by atoms with Gasteiger partial charge in [-0.2, -0.15) is 0 Å². The number of carboxylic acids is 1. The monoisotopic (exact) mass is 367 g/mol. The number of aliphatic carboxylic acids is 1. The van der Waals surface area contributed by atoms with Gasteiger partial charge in [0.05, 0.1) is 12.3 Å². The number of amides is 1. The zero-order chi connectivity index (χ0) is 18.7. The zero-order valence-electron chi connectivity index (χ0n) is 15.3. The molecular weight excluding hydrogens is 338 g/mol. The molecule has 0 aromatic heterocycles. The summed E-state index contributed by atoms with van der Waals surface area (Å²) in [7, 11) is -2.18.